The van der Waals surface area contributed by atoms with Crippen molar-refractivity contribution >= 4 is 0 Å². The van der Waals surface area contributed by atoms with Crippen molar-refractivity contribution < 1.29 is 0 Å². The quantitative estimate of drug-likeness (QED) is 0.309. The van der Waals surface area contributed by atoms with Gasteiger partial charge in [0.1, 0.15) is 0 Å². The summed E-state index contributed by atoms with van der Waals surface area (Å²) in [4.78, 5) is 2.18. The number of hydrogen-bond donors (Lipinski definition) is 0. The van der Waals surface area contributed by atoms with Gasteiger partial charge in [0.2, 0.25) is 0 Å². The number of nitrogens with zero attached hydrogens (tertiary/aromatic N) is 4. The number of rotatable bonds is 4. The van der Waals surface area contributed by atoms with Gasteiger partial charge in [-0.05, 0) is 103 Å². The van der Waals surface area contributed by atoms with Gasteiger partial charge in [-0.25, -0.2) is 4.68 Å². The molecule has 1 aliphatic rings. The molecule has 1 aliphatic carbocycles. The highest BCUT2D eigenvalue weighted by molar-refractivity contribution is 4.95. The Morgan fingerprint density at radius 3 is 1.65 bits per heavy atom. The molecular weight excluding hydrogens is 560 g/mol. The predicted octanol–water partition coefficient (Wildman–Crippen LogP) is 12.8. The highest BCUT2D eigenvalue weighted by atomic mass is 15.4. The van der Waals surface area contributed by atoms with Gasteiger partial charge in [-0.15, -0.1) is 5.10 Å². The van der Waals surface area contributed by atoms with Crippen LogP contribution in [0, 0.1) is 11.8 Å². The van der Waals surface area contributed by atoms with E-state index in [1.165, 1.54) is 141 Å². The van der Waals surface area contributed by atoms with Crippen molar-refractivity contribution in [1.82, 2.24) is 19.9 Å². The molecule has 4 nitrogen and oxygen atoms in total. The highest BCUT2D eigenvalue weighted by Crippen LogP contribution is 2.26. The lowest BCUT2D eigenvalue weighted by Gasteiger charge is -2.22. The molecular formula is C42H74N4. The van der Waals surface area contributed by atoms with E-state index in [2.05, 4.69) is 103 Å². The van der Waals surface area contributed by atoms with E-state index in [0.717, 1.165) is 36.9 Å². The van der Waals surface area contributed by atoms with Crippen molar-refractivity contribution in [3.8, 4) is 0 Å². The van der Waals surface area contributed by atoms with E-state index in [9.17, 15) is 0 Å². The third-order valence-electron chi connectivity index (χ3n) is 10.0. The van der Waals surface area contributed by atoms with Crippen molar-refractivity contribution in [2.75, 3.05) is 14.1 Å². The molecule has 1 aromatic heterocycles. The number of allylic oxidation sites excluding steroid dienone is 8. The number of aromatic nitrogens is 3. The average molecular weight is 635 g/mol. The van der Waals surface area contributed by atoms with Gasteiger partial charge < -0.3 is 4.90 Å². The van der Waals surface area contributed by atoms with Gasteiger partial charge in [0, 0.05) is 6.54 Å². The molecule has 46 heavy (non-hydrogen) atoms. The second-order valence-electron chi connectivity index (χ2n) is 14.5. The molecule has 4 heteroatoms. The van der Waals surface area contributed by atoms with Crippen molar-refractivity contribution in [3.05, 3.63) is 60.5 Å². The first-order valence-electron chi connectivity index (χ1n) is 19.8. The van der Waals surface area contributed by atoms with Gasteiger partial charge in [-0.3, -0.25) is 0 Å². The van der Waals surface area contributed by atoms with Gasteiger partial charge in [-0.2, -0.15) is 0 Å². The Bertz CT molecular complexity index is 939. The van der Waals surface area contributed by atoms with E-state index < -0.39 is 0 Å². The van der Waals surface area contributed by atoms with E-state index in [1.54, 1.807) is 0 Å². The van der Waals surface area contributed by atoms with Gasteiger partial charge in [0.25, 0.3) is 0 Å². The fourth-order valence-electron chi connectivity index (χ4n) is 7.00. The van der Waals surface area contributed by atoms with Crippen LogP contribution in [0.4, 0.5) is 0 Å². The minimum Gasteiger partial charge on any atom is -0.303 e. The summed E-state index contributed by atoms with van der Waals surface area (Å²) in [6.45, 7) is 5.73. The average Bonchev–Trinajstić information content (AvgIpc) is 3.50. The normalized spacial score (nSPS) is 24.5. The first kappa shape index (κ1) is 40.2. The lowest BCUT2D eigenvalue weighted by Crippen LogP contribution is -2.11. The van der Waals surface area contributed by atoms with Crippen LogP contribution < -0.4 is 0 Å². The summed E-state index contributed by atoms with van der Waals surface area (Å²) in [6, 6.07) is 0.501. The first-order valence-corrected chi connectivity index (χ1v) is 19.8. The Labute approximate surface area is 286 Å². The summed E-state index contributed by atoms with van der Waals surface area (Å²) < 4.78 is 2.19. The second-order valence-corrected chi connectivity index (χ2v) is 14.5. The molecule has 0 saturated heterocycles. The maximum absolute atomic E-state index is 4.57. The van der Waals surface area contributed by atoms with Crippen LogP contribution in [0.15, 0.2) is 54.8 Å². The summed E-state index contributed by atoms with van der Waals surface area (Å²) in [5.41, 5.74) is 1.09. The predicted molar refractivity (Wildman–Crippen MR) is 202 cm³/mol. The van der Waals surface area contributed by atoms with E-state index in [0.29, 0.717) is 6.04 Å². The SMILES string of the molecule is CCC1CCC=CCC=CCCCCCCCCC(n2cc(CN(C)C)nn2)CCCCCCCCC=CCC=CCCCC1C. The van der Waals surface area contributed by atoms with Crippen LogP contribution in [0.1, 0.15) is 180 Å². The third-order valence-corrected chi connectivity index (χ3v) is 10.0. The second kappa shape index (κ2) is 28.1. The summed E-state index contributed by atoms with van der Waals surface area (Å²) in [6.07, 6.45) is 52.5. The Kier molecular flexibility index (Phi) is 24.6. The summed E-state index contributed by atoms with van der Waals surface area (Å²) >= 11 is 0. The Balaban J connectivity index is 1.80. The minimum atomic E-state index is 0.501. The molecule has 3 atom stereocenters. The highest BCUT2D eigenvalue weighted by Gasteiger charge is 2.15. The fourth-order valence-corrected chi connectivity index (χ4v) is 7.00. The Morgan fingerprint density at radius 2 is 1.11 bits per heavy atom. The van der Waals surface area contributed by atoms with E-state index in [4.69, 9.17) is 0 Å². The zero-order valence-corrected chi connectivity index (χ0v) is 30.9. The summed E-state index contributed by atoms with van der Waals surface area (Å²) in [5.74, 6) is 1.71. The molecule has 0 fully saturated rings. The van der Waals surface area contributed by atoms with Crippen LogP contribution >= 0.6 is 0 Å². The number of hydrogen-bond acceptors (Lipinski definition) is 3. The molecule has 0 saturated carbocycles. The fraction of sp³-hybridized carbons (Fsp3) is 0.762. The third kappa shape index (κ3) is 21.0. The first-order chi connectivity index (χ1) is 22.6. The zero-order valence-electron chi connectivity index (χ0n) is 30.9. The van der Waals surface area contributed by atoms with Crippen LogP contribution in [0.2, 0.25) is 0 Å². The molecule has 0 radical (unpaired) electrons. The standard InChI is InChI=1S/C42H74N4/c1-5-40-34-30-26-22-18-14-10-8-12-16-20-24-28-32-36-42(46-38-41(43-44-46)37-45(3)4)35-31-27-23-19-15-11-7-6-9-13-17-21-25-29-33-39(40)2/h6,9-10,14,17,21-22,26,38-40,42H,5,7-8,11-13,15-16,18-20,23-25,27-37H2,1-4H3. The van der Waals surface area contributed by atoms with E-state index in [-0.39, 0.29) is 0 Å². The Morgan fingerprint density at radius 1 is 0.609 bits per heavy atom. The molecule has 0 N–H and O–H groups in total. The zero-order chi connectivity index (χ0) is 32.9. The van der Waals surface area contributed by atoms with Crippen LogP contribution in [-0.4, -0.2) is 34.0 Å². The van der Waals surface area contributed by atoms with Crippen molar-refractivity contribution in [2.24, 2.45) is 11.8 Å². The van der Waals surface area contributed by atoms with Gasteiger partial charge in [-0.1, -0.05) is 145 Å². The smallest absolute Gasteiger partial charge is 0.0967 e. The molecule has 0 spiro atoms. The van der Waals surface area contributed by atoms with Gasteiger partial charge in [0.15, 0.2) is 0 Å². The molecule has 1 heterocycles. The summed E-state index contributed by atoms with van der Waals surface area (Å²) in [5, 5.41) is 9.05. The molecule has 3 unspecified atom stereocenters. The van der Waals surface area contributed by atoms with Crippen LogP contribution in [0.5, 0.6) is 0 Å². The maximum Gasteiger partial charge on any atom is 0.0967 e. The molecule has 0 aromatic carbocycles. The topological polar surface area (TPSA) is 34.0 Å². The lowest BCUT2D eigenvalue weighted by atomic mass is 9.84. The van der Waals surface area contributed by atoms with Crippen LogP contribution in [-0.2, 0) is 6.54 Å². The van der Waals surface area contributed by atoms with Crippen molar-refractivity contribution in [2.45, 2.75) is 181 Å². The van der Waals surface area contributed by atoms with E-state index >= 15 is 0 Å². The molecule has 0 aliphatic heterocycles. The monoisotopic (exact) mass is 635 g/mol. The van der Waals surface area contributed by atoms with Gasteiger partial charge in [0.05, 0.1) is 17.9 Å². The van der Waals surface area contributed by atoms with Crippen molar-refractivity contribution in [1.29, 1.82) is 0 Å². The van der Waals surface area contributed by atoms with E-state index in [1.807, 2.05) is 0 Å². The molecule has 262 valence electrons. The Hall–Kier alpha value is -1.94. The molecule has 1 aromatic rings. The molecule has 0 amide bonds. The minimum absolute atomic E-state index is 0.501. The van der Waals surface area contributed by atoms with Crippen LogP contribution in [0.3, 0.4) is 0 Å². The van der Waals surface area contributed by atoms with Crippen LogP contribution in [0.25, 0.3) is 0 Å². The molecule has 0 bridgehead atoms. The van der Waals surface area contributed by atoms with Gasteiger partial charge >= 0.3 is 0 Å². The maximum atomic E-state index is 4.57. The molecule has 2 rings (SSSR count). The largest absolute Gasteiger partial charge is 0.303 e. The van der Waals surface area contributed by atoms with Crippen molar-refractivity contribution in [3.63, 3.8) is 0 Å². The summed E-state index contributed by atoms with van der Waals surface area (Å²) in [7, 11) is 4.21. The lowest BCUT2D eigenvalue weighted by molar-refractivity contribution is 0.305.